The highest BCUT2D eigenvalue weighted by atomic mass is 32.2. The Bertz CT molecular complexity index is 720. The standard InChI is InChI=1S/C19H21FN2O2S/c20-15-4-2-6-18(10-15)24-12-14-3-1-5-16(9-14)22-19(23)11-17-13-25-8-7-21-17/h1-6,9-10,17,21H,7-8,11-13H2,(H,22,23). The summed E-state index contributed by atoms with van der Waals surface area (Å²) >= 11 is 1.87. The summed E-state index contributed by atoms with van der Waals surface area (Å²) in [5.41, 5.74) is 1.65. The van der Waals surface area contributed by atoms with Gasteiger partial charge in [0.2, 0.25) is 5.91 Å². The fourth-order valence-electron chi connectivity index (χ4n) is 2.65. The summed E-state index contributed by atoms with van der Waals surface area (Å²) in [7, 11) is 0. The number of nitrogens with one attached hydrogen (secondary N) is 2. The van der Waals surface area contributed by atoms with Gasteiger partial charge in [-0.1, -0.05) is 18.2 Å². The number of halogens is 1. The molecule has 4 nitrogen and oxygen atoms in total. The van der Waals surface area contributed by atoms with Gasteiger partial charge in [-0.25, -0.2) is 4.39 Å². The molecular formula is C19H21FN2O2S. The van der Waals surface area contributed by atoms with Crippen molar-refractivity contribution in [3.8, 4) is 5.75 Å². The zero-order chi connectivity index (χ0) is 17.5. The van der Waals surface area contributed by atoms with Crippen molar-refractivity contribution in [2.24, 2.45) is 0 Å². The maximum atomic E-state index is 13.2. The van der Waals surface area contributed by atoms with Crippen LogP contribution in [0, 0.1) is 5.82 Å². The van der Waals surface area contributed by atoms with E-state index in [9.17, 15) is 9.18 Å². The van der Waals surface area contributed by atoms with E-state index < -0.39 is 0 Å². The van der Waals surface area contributed by atoms with Gasteiger partial charge in [-0.3, -0.25) is 4.79 Å². The molecule has 0 saturated carbocycles. The van der Waals surface area contributed by atoms with E-state index in [1.165, 1.54) is 12.1 Å². The third kappa shape index (κ3) is 5.76. The molecule has 1 aliphatic rings. The van der Waals surface area contributed by atoms with Crippen LogP contribution in [0.5, 0.6) is 5.75 Å². The van der Waals surface area contributed by atoms with Crippen LogP contribution in [0.25, 0.3) is 0 Å². The normalized spacial score (nSPS) is 17.1. The zero-order valence-corrected chi connectivity index (χ0v) is 14.7. The van der Waals surface area contributed by atoms with Crippen molar-refractivity contribution in [1.82, 2.24) is 5.32 Å². The van der Waals surface area contributed by atoms with Crippen molar-refractivity contribution < 1.29 is 13.9 Å². The maximum absolute atomic E-state index is 13.2. The number of rotatable bonds is 6. The fraction of sp³-hybridized carbons (Fsp3) is 0.316. The number of thioether (sulfide) groups is 1. The van der Waals surface area contributed by atoms with Crippen LogP contribution in [0.1, 0.15) is 12.0 Å². The highest BCUT2D eigenvalue weighted by Crippen LogP contribution is 2.17. The second kappa shape index (κ2) is 8.87. The molecule has 0 spiro atoms. The lowest BCUT2D eigenvalue weighted by Crippen LogP contribution is -2.39. The SMILES string of the molecule is O=C(CC1CSCCN1)Nc1cccc(COc2cccc(F)c2)c1. The van der Waals surface area contributed by atoms with E-state index in [0.717, 1.165) is 29.3 Å². The van der Waals surface area contributed by atoms with Gasteiger partial charge in [0.15, 0.2) is 0 Å². The Morgan fingerprint density at radius 1 is 1.28 bits per heavy atom. The minimum atomic E-state index is -0.326. The van der Waals surface area contributed by atoms with Crippen LogP contribution in [0.3, 0.4) is 0 Å². The Morgan fingerprint density at radius 3 is 2.96 bits per heavy atom. The molecule has 1 amide bonds. The minimum absolute atomic E-state index is 0.00296. The average molecular weight is 360 g/mol. The van der Waals surface area contributed by atoms with Crippen LogP contribution >= 0.6 is 11.8 Å². The summed E-state index contributed by atoms with van der Waals surface area (Å²) < 4.78 is 18.7. The van der Waals surface area contributed by atoms with Gasteiger partial charge in [-0.05, 0) is 29.8 Å². The Morgan fingerprint density at radius 2 is 2.16 bits per heavy atom. The minimum Gasteiger partial charge on any atom is -0.489 e. The largest absolute Gasteiger partial charge is 0.489 e. The monoisotopic (exact) mass is 360 g/mol. The number of carbonyl (C=O) groups excluding carboxylic acids is 1. The summed E-state index contributed by atoms with van der Waals surface area (Å²) in [4.78, 5) is 12.2. The van der Waals surface area contributed by atoms with Crippen LogP contribution in [-0.4, -0.2) is 30.0 Å². The maximum Gasteiger partial charge on any atom is 0.225 e. The smallest absolute Gasteiger partial charge is 0.225 e. The lowest BCUT2D eigenvalue weighted by Gasteiger charge is -2.22. The van der Waals surface area contributed by atoms with E-state index >= 15 is 0 Å². The molecule has 2 N–H and O–H groups in total. The number of ether oxygens (including phenoxy) is 1. The van der Waals surface area contributed by atoms with Crippen LogP contribution in [-0.2, 0) is 11.4 Å². The summed E-state index contributed by atoms with van der Waals surface area (Å²) in [6.45, 7) is 1.27. The Kier molecular flexibility index (Phi) is 6.30. The molecule has 6 heteroatoms. The van der Waals surface area contributed by atoms with Crippen molar-refractivity contribution in [3.63, 3.8) is 0 Å². The first-order valence-corrected chi connectivity index (χ1v) is 9.43. The van der Waals surface area contributed by atoms with Gasteiger partial charge in [0.1, 0.15) is 18.2 Å². The van der Waals surface area contributed by atoms with Crippen molar-refractivity contribution in [3.05, 3.63) is 59.9 Å². The zero-order valence-electron chi connectivity index (χ0n) is 13.8. The molecule has 1 saturated heterocycles. The van der Waals surface area contributed by atoms with E-state index in [1.54, 1.807) is 12.1 Å². The van der Waals surface area contributed by atoms with E-state index in [2.05, 4.69) is 10.6 Å². The summed E-state index contributed by atoms with van der Waals surface area (Å²) in [5.74, 6) is 2.23. The average Bonchev–Trinajstić information content (AvgIpc) is 2.61. The molecule has 0 radical (unpaired) electrons. The Labute approximate surface area is 151 Å². The summed E-state index contributed by atoms with van der Waals surface area (Å²) in [6.07, 6.45) is 0.469. The van der Waals surface area contributed by atoms with Crippen LogP contribution in [0.2, 0.25) is 0 Å². The summed E-state index contributed by atoms with van der Waals surface area (Å²) in [5, 5.41) is 6.29. The highest BCUT2D eigenvalue weighted by molar-refractivity contribution is 7.99. The second-order valence-electron chi connectivity index (χ2n) is 5.92. The van der Waals surface area contributed by atoms with Crippen molar-refractivity contribution in [2.75, 3.05) is 23.4 Å². The first-order chi connectivity index (χ1) is 12.2. The predicted molar refractivity (Wildman–Crippen MR) is 99.5 cm³/mol. The molecule has 25 heavy (non-hydrogen) atoms. The molecule has 1 unspecified atom stereocenters. The Balaban J connectivity index is 1.52. The van der Waals surface area contributed by atoms with Gasteiger partial charge < -0.3 is 15.4 Å². The lowest BCUT2D eigenvalue weighted by molar-refractivity contribution is -0.116. The molecular weight excluding hydrogens is 339 g/mol. The molecule has 0 aromatic heterocycles. The first kappa shape index (κ1) is 17.8. The number of anilines is 1. The van der Waals surface area contributed by atoms with Gasteiger partial charge in [0.25, 0.3) is 0 Å². The predicted octanol–water partition coefficient (Wildman–Crippen LogP) is 3.44. The van der Waals surface area contributed by atoms with Gasteiger partial charge in [0.05, 0.1) is 0 Å². The fourth-order valence-corrected chi connectivity index (χ4v) is 3.60. The molecule has 1 atom stereocenters. The second-order valence-corrected chi connectivity index (χ2v) is 7.07. The van der Waals surface area contributed by atoms with Gasteiger partial charge >= 0.3 is 0 Å². The third-order valence-electron chi connectivity index (χ3n) is 3.84. The first-order valence-electron chi connectivity index (χ1n) is 8.27. The van der Waals surface area contributed by atoms with E-state index in [4.69, 9.17) is 4.74 Å². The van der Waals surface area contributed by atoms with Gasteiger partial charge in [0, 0.05) is 42.3 Å². The van der Waals surface area contributed by atoms with Crippen LogP contribution < -0.4 is 15.4 Å². The summed E-state index contributed by atoms with van der Waals surface area (Å²) in [6, 6.07) is 13.8. The quantitative estimate of drug-likeness (QED) is 0.829. The molecule has 1 fully saturated rings. The molecule has 1 heterocycles. The topological polar surface area (TPSA) is 50.4 Å². The van der Waals surface area contributed by atoms with E-state index in [1.807, 2.05) is 36.0 Å². The van der Waals surface area contributed by atoms with E-state index in [0.29, 0.717) is 18.8 Å². The van der Waals surface area contributed by atoms with Crippen molar-refractivity contribution >= 4 is 23.4 Å². The number of hydrogen-bond acceptors (Lipinski definition) is 4. The van der Waals surface area contributed by atoms with Crippen LogP contribution in [0.4, 0.5) is 10.1 Å². The third-order valence-corrected chi connectivity index (χ3v) is 4.97. The number of carbonyl (C=O) groups is 1. The number of benzene rings is 2. The molecule has 132 valence electrons. The van der Waals surface area contributed by atoms with Gasteiger partial charge in [-0.2, -0.15) is 11.8 Å². The number of hydrogen-bond donors (Lipinski definition) is 2. The van der Waals surface area contributed by atoms with Gasteiger partial charge in [-0.15, -0.1) is 0 Å². The van der Waals surface area contributed by atoms with Crippen molar-refractivity contribution in [2.45, 2.75) is 19.1 Å². The molecule has 1 aliphatic heterocycles. The molecule has 2 aromatic rings. The Hall–Kier alpha value is -2.05. The molecule has 0 aliphatic carbocycles. The molecule has 2 aromatic carbocycles. The molecule has 3 rings (SSSR count). The molecule has 0 bridgehead atoms. The van der Waals surface area contributed by atoms with E-state index in [-0.39, 0.29) is 17.8 Å². The van der Waals surface area contributed by atoms with Crippen molar-refractivity contribution in [1.29, 1.82) is 0 Å². The van der Waals surface area contributed by atoms with Crippen LogP contribution in [0.15, 0.2) is 48.5 Å². The number of amides is 1. The highest BCUT2D eigenvalue weighted by Gasteiger charge is 2.16. The lowest BCUT2D eigenvalue weighted by atomic mass is 10.2.